The van der Waals surface area contributed by atoms with E-state index in [2.05, 4.69) is 22.8 Å². The minimum atomic E-state index is -0.418. The summed E-state index contributed by atoms with van der Waals surface area (Å²) in [5.74, 6) is 0.614. The topological polar surface area (TPSA) is 79.6 Å². The van der Waals surface area contributed by atoms with Gasteiger partial charge in [0.2, 0.25) is 0 Å². The average Bonchev–Trinajstić information content (AvgIpc) is 2.55. The van der Waals surface area contributed by atoms with Crippen LogP contribution in [0.25, 0.3) is 0 Å². The summed E-state index contributed by atoms with van der Waals surface area (Å²) >= 11 is 5.29. The van der Waals surface area contributed by atoms with Gasteiger partial charge in [0.25, 0.3) is 5.69 Å². The normalized spacial score (nSPS) is 21.6. The number of nitrogens with zero attached hydrogens (tertiary/aromatic N) is 2. The van der Waals surface area contributed by atoms with Crippen molar-refractivity contribution in [1.29, 1.82) is 0 Å². The first-order valence-corrected chi connectivity index (χ1v) is 8.24. The minimum Gasteiger partial charge on any atom is -0.358 e. The molecular formula is C16H22N4O2S. The summed E-state index contributed by atoms with van der Waals surface area (Å²) in [6.45, 7) is 4.07. The number of benzene rings is 1. The molecule has 0 saturated heterocycles. The van der Waals surface area contributed by atoms with E-state index in [-0.39, 0.29) is 5.69 Å². The van der Waals surface area contributed by atoms with Gasteiger partial charge in [-0.2, -0.15) is 5.10 Å². The van der Waals surface area contributed by atoms with Gasteiger partial charge >= 0.3 is 0 Å². The van der Waals surface area contributed by atoms with Gasteiger partial charge in [-0.15, -0.1) is 0 Å². The van der Waals surface area contributed by atoms with Gasteiger partial charge in [-0.1, -0.05) is 19.8 Å². The van der Waals surface area contributed by atoms with Crippen LogP contribution in [0.2, 0.25) is 0 Å². The van der Waals surface area contributed by atoms with Crippen LogP contribution >= 0.6 is 12.2 Å². The van der Waals surface area contributed by atoms with Gasteiger partial charge in [-0.3, -0.25) is 15.5 Å². The molecule has 7 heteroatoms. The molecule has 0 aliphatic heterocycles. The van der Waals surface area contributed by atoms with E-state index in [9.17, 15) is 10.1 Å². The van der Waals surface area contributed by atoms with Crippen LogP contribution in [0.15, 0.2) is 29.4 Å². The molecule has 1 aromatic rings. The first-order valence-electron chi connectivity index (χ1n) is 7.83. The third-order valence-corrected chi connectivity index (χ3v) is 4.46. The van der Waals surface area contributed by atoms with Gasteiger partial charge in [-0.25, -0.2) is 0 Å². The van der Waals surface area contributed by atoms with Crippen LogP contribution in [0.1, 0.15) is 45.1 Å². The van der Waals surface area contributed by atoms with Gasteiger partial charge in [0.05, 0.1) is 10.6 Å². The Morgan fingerprint density at radius 1 is 1.30 bits per heavy atom. The number of nitro benzene ring substituents is 1. The van der Waals surface area contributed by atoms with Crippen LogP contribution in [-0.4, -0.2) is 21.8 Å². The fraction of sp³-hybridized carbons (Fsp3) is 0.500. The van der Waals surface area contributed by atoms with Gasteiger partial charge in [0, 0.05) is 18.2 Å². The molecule has 6 nitrogen and oxygen atoms in total. The van der Waals surface area contributed by atoms with Crippen molar-refractivity contribution < 1.29 is 4.92 Å². The molecule has 2 N–H and O–H groups in total. The average molecular weight is 334 g/mol. The quantitative estimate of drug-likeness (QED) is 0.382. The second kappa shape index (κ2) is 8.01. The van der Waals surface area contributed by atoms with Crippen molar-refractivity contribution in [1.82, 2.24) is 10.7 Å². The molecule has 0 spiro atoms. The molecule has 0 unspecified atom stereocenters. The van der Waals surface area contributed by atoms with Crippen LogP contribution < -0.4 is 10.7 Å². The Balaban J connectivity index is 1.90. The van der Waals surface area contributed by atoms with Crippen LogP contribution in [0.5, 0.6) is 0 Å². The Hall–Kier alpha value is -2.02. The lowest BCUT2D eigenvalue weighted by Crippen LogP contribution is -2.44. The molecule has 1 aromatic carbocycles. The number of hydrazone groups is 1. The number of non-ortho nitro benzene ring substituents is 1. The number of hydrogen-bond donors (Lipinski definition) is 2. The fourth-order valence-corrected chi connectivity index (χ4v) is 2.95. The molecule has 0 heterocycles. The number of hydrogen-bond acceptors (Lipinski definition) is 4. The Labute approximate surface area is 141 Å². The highest BCUT2D eigenvalue weighted by molar-refractivity contribution is 7.80. The third kappa shape index (κ3) is 4.99. The van der Waals surface area contributed by atoms with Crippen molar-refractivity contribution in [3.63, 3.8) is 0 Å². The number of nitro groups is 1. The van der Waals surface area contributed by atoms with E-state index >= 15 is 0 Å². The zero-order chi connectivity index (χ0) is 16.8. The van der Waals surface area contributed by atoms with Crippen molar-refractivity contribution in [3.05, 3.63) is 39.9 Å². The van der Waals surface area contributed by atoms with Crippen LogP contribution in [-0.2, 0) is 0 Å². The maximum absolute atomic E-state index is 10.7. The summed E-state index contributed by atoms with van der Waals surface area (Å²) in [4.78, 5) is 10.2. The zero-order valence-corrected chi connectivity index (χ0v) is 14.2. The first kappa shape index (κ1) is 17.3. The molecule has 0 bridgehead atoms. The number of nitrogens with one attached hydrogen (secondary N) is 2. The van der Waals surface area contributed by atoms with Gasteiger partial charge < -0.3 is 5.32 Å². The molecule has 23 heavy (non-hydrogen) atoms. The van der Waals surface area contributed by atoms with Crippen molar-refractivity contribution in [2.75, 3.05) is 0 Å². The van der Waals surface area contributed by atoms with Crippen LogP contribution in [0.4, 0.5) is 5.69 Å². The smallest absolute Gasteiger partial charge is 0.269 e. The fourth-order valence-electron chi connectivity index (χ4n) is 2.75. The largest absolute Gasteiger partial charge is 0.358 e. The van der Waals surface area contributed by atoms with E-state index in [0.29, 0.717) is 17.1 Å². The predicted octanol–water partition coefficient (Wildman–Crippen LogP) is 3.36. The van der Waals surface area contributed by atoms with Crippen LogP contribution in [0, 0.1) is 16.0 Å². The monoisotopic (exact) mass is 334 g/mol. The molecule has 1 aliphatic carbocycles. The lowest BCUT2D eigenvalue weighted by molar-refractivity contribution is -0.384. The highest BCUT2D eigenvalue weighted by Gasteiger charge is 2.21. The number of thiocarbonyl (C=S) groups is 1. The van der Waals surface area contributed by atoms with Gasteiger partial charge in [0.1, 0.15) is 0 Å². The molecule has 0 radical (unpaired) electrons. The van der Waals surface area contributed by atoms with E-state index in [1.165, 1.54) is 31.4 Å². The highest BCUT2D eigenvalue weighted by Crippen LogP contribution is 2.23. The molecule has 0 aromatic heterocycles. The van der Waals surface area contributed by atoms with Crippen molar-refractivity contribution in [3.8, 4) is 0 Å². The van der Waals surface area contributed by atoms with E-state index in [1.54, 1.807) is 12.1 Å². The molecule has 1 aliphatic rings. The SMILES string of the molecule is C/C(=N/NC(=S)N[C@H]1CCCC[C@H]1C)c1ccc([N+](=O)[O-])cc1. The second-order valence-electron chi connectivity index (χ2n) is 5.95. The zero-order valence-electron chi connectivity index (χ0n) is 13.4. The molecule has 2 atom stereocenters. The summed E-state index contributed by atoms with van der Waals surface area (Å²) in [5, 5.41) is 18.7. The van der Waals surface area contributed by atoms with E-state index in [0.717, 1.165) is 17.7 Å². The Bertz CT molecular complexity index is 601. The summed E-state index contributed by atoms with van der Waals surface area (Å²) in [6.07, 6.45) is 4.88. The van der Waals surface area contributed by atoms with Crippen molar-refractivity contribution >= 4 is 28.7 Å². The van der Waals surface area contributed by atoms with Gasteiger partial charge in [-0.05, 0) is 55.6 Å². The maximum Gasteiger partial charge on any atom is 0.269 e. The molecule has 1 fully saturated rings. The lowest BCUT2D eigenvalue weighted by atomic mass is 9.86. The van der Waals surface area contributed by atoms with E-state index in [4.69, 9.17) is 12.2 Å². The lowest BCUT2D eigenvalue weighted by Gasteiger charge is -2.30. The summed E-state index contributed by atoms with van der Waals surface area (Å²) < 4.78 is 0. The van der Waals surface area contributed by atoms with E-state index < -0.39 is 4.92 Å². The number of rotatable bonds is 4. The maximum atomic E-state index is 10.7. The molecule has 1 saturated carbocycles. The molecule has 124 valence electrons. The Kier molecular flexibility index (Phi) is 6.04. The summed E-state index contributed by atoms with van der Waals surface area (Å²) in [5.41, 5.74) is 4.47. The second-order valence-corrected chi connectivity index (χ2v) is 6.36. The third-order valence-electron chi connectivity index (χ3n) is 4.25. The predicted molar refractivity (Wildman–Crippen MR) is 95.6 cm³/mol. The van der Waals surface area contributed by atoms with Crippen LogP contribution in [0.3, 0.4) is 0 Å². The Morgan fingerprint density at radius 2 is 1.96 bits per heavy atom. The molecule has 2 rings (SSSR count). The summed E-state index contributed by atoms with van der Waals surface area (Å²) in [7, 11) is 0. The van der Waals surface area contributed by atoms with Crippen molar-refractivity contribution in [2.45, 2.75) is 45.6 Å². The minimum absolute atomic E-state index is 0.0676. The van der Waals surface area contributed by atoms with Crippen molar-refractivity contribution in [2.24, 2.45) is 11.0 Å². The molecular weight excluding hydrogens is 312 g/mol. The highest BCUT2D eigenvalue weighted by atomic mass is 32.1. The standard InChI is InChI=1S/C16H22N4O2S/c1-11-5-3-4-6-15(11)17-16(23)19-18-12(2)13-7-9-14(10-8-13)20(21)22/h7-11,15H,3-6H2,1-2H3,(H2,17,19,23)/b18-12-/t11-,15+/m1/s1. The van der Waals surface area contributed by atoms with E-state index in [1.807, 2.05) is 6.92 Å². The summed E-state index contributed by atoms with van der Waals surface area (Å²) in [6, 6.07) is 6.69. The van der Waals surface area contributed by atoms with Gasteiger partial charge in [0.15, 0.2) is 5.11 Å². The Morgan fingerprint density at radius 3 is 2.57 bits per heavy atom. The first-order chi connectivity index (χ1) is 11.0. The molecule has 0 amide bonds.